The quantitative estimate of drug-likeness (QED) is 0.588. The van der Waals surface area contributed by atoms with Crippen molar-refractivity contribution in [2.75, 3.05) is 19.6 Å². The number of benzene rings is 2. The van der Waals surface area contributed by atoms with Crippen LogP contribution >= 0.6 is 0 Å². The monoisotopic (exact) mass is 393 g/mol. The van der Waals surface area contributed by atoms with Gasteiger partial charge in [-0.05, 0) is 53.1 Å². The van der Waals surface area contributed by atoms with E-state index in [9.17, 15) is 14.8 Å². The van der Waals surface area contributed by atoms with Crippen LogP contribution in [0, 0.1) is 0 Å². The highest BCUT2D eigenvalue weighted by atomic mass is 16.4. The number of nitrogens with two attached hydrogens (primary N) is 1. The van der Waals surface area contributed by atoms with Gasteiger partial charge in [0.15, 0.2) is 0 Å². The van der Waals surface area contributed by atoms with Crippen LogP contribution in [0.4, 0.5) is 0 Å². The van der Waals surface area contributed by atoms with Crippen molar-refractivity contribution in [3.63, 3.8) is 0 Å². The lowest BCUT2D eigenvalue weighted by molar-refractivity contribution is 0.0712. The fraction of sp³-hybridized carbons (Fsp3) is 0.409. The van der Waals surface area contributed by atoms with Gasteiger partial charge in [0.25, 0.3) is 5.91 Å². The van der Waals surface area contributed by atoms with E-state index in [1.807, 2.05) is 29.2 Å². The maximum absolute atomic E-state index is 13.1. The van der Waals surface area contributed by atoms with E-state index in [2.05, 4.69) is 23.5 Å². The zero-order chi connectivity index (χ0) is 20.4. The minimum absolute atomic E-state index is 0.0201. The molecule has 29 heavy (non-hydrogen) atoms. The minimum atomic E-state index is -1.44. The van der Waals surface area contributed by atoms with Crippen molar-refractivity contribution in [1.29, 1.82) is 0 Å². The van der Waals surface area contributed by atoms with Gasteiger partial charge in [-0.25, -0.2) is 0 Å². The molecule has 4 rings (SSSR count). The molecule has 2 heterocycles. The van der Waals surface area contributed by atoms with E-state index >= 15 is 0 Å². The van der Waals surface area contributed by atoms with E-state index in [-0.39, 0.29) is 5.91 Å². The van der Waals surface area contributed by atoms with E-state index in [4.69, 9.17) is 5.73 Å². The number of carbonyl (C=O) groups excluding carboxylic acids is 1. The van der Waals surface area contributed by atoms with Crippen LogP contribution in [0.2, 0.25) is 0 Å². The lowest BCUT2D eigenvalue weighted by atomic mass is 9.66. The molecule has 0 saturated carbocycles. The predicted molar refractivity (Wildman–Crippen MR) is 113 cm³/mol. The molecule has 2 aliphatic rings. The lowest BCUT2D eigenvalue weighted by Crippen LogP contribution is -2.39. The van der Waals surface area contributed by atoms with Crippen molar-refractivity contribution in [2.45, 2.75) is 37.7 Å². The smallest absolute Gasteiger partial charge is 0.427 e. The van der Waals surface area contributed by atoms with Gasteiger partial charge < -0.3 is 26.0 Å². The topological polar surface area (TPSA) is 98.8 Å². The molecule has 7 heteroatoms. The number of piperidine rings is 1. The van der Waals surface area contributed by atoms with Gasteiger partial charge in [-0.3, -0.25) is 4.79 Å². The molecule has 1 amide bonds. The second-order valence-electron chi connectivity index (χ2n) is 8.08. The Kier molecular flexibility index (Phi) is 6.01. The van der Waals surface area contributed by atoms with Crippen molar-refractivity contribution in [2.24, 2.45) is 5.73 Å². The van der Waals surface area contributed by atoms with E-state index in [1.54, 1.807) is 0 Å². The SMILES string of the molecule is NCc1cccc(C2CCN(C(=O)c3ccc4c(c3)C(B(O)O)CNC4)CC2)c1. The second-order valence-corrected chi connectivity index (χ2v) is 8.08. The van der Waals surface area contributed by atoms with Crippen LogP contribution in [0.3, 0.4) is 0 Å². The molecule has 5 N–H and O–H groups in total. The highest BCUT2D eigenvalue weighted by molar-refractivity contribution is 6.43. The van der Waals surface area contributed by atoms with Gasteiger partial charge in [0, 0.05) is 44.1 Å². The maximum Gasteiger partial charge on any atom is 0.460 e. The van der Waals surface area contributed by atoms with Gasteiger partial charge in [0.05, 0.1) is 0 Å². The third-order valence-electron chi connectivity index (χ3n) is 6.27. The summed E-state index contributed by atoms with van der Waals surface area (Å²) >= 11 is 0. The molecule has 152 valence electrons. The molecule has 1 unspecified atom stereocenters. The van der Waals surface area contributed by atoms with Gasteiger partial charge in [-0.1, -0.05) is 30.3 Å². The third-order valence-corrected chi connectivity index (χ3v) is 6.27. The summed E-state index contributed by atoms with van der Waals surface area (Å²) in [6, 6.07) is 14.1. The predicted octanol–water partition coefficient (Wildman–Crippen LogP) is 1.36. The third kappa shape index (κ3) is 4.23. The Balaban J connectivity index is 1.45. The summed E-state index contributed by atoms with van der Waals surface area (Å²) in [5, 5.41) is 22.6. The first kappa shape index (κ1) is 20.1. The molecule has 0 aliphatic carbocycles. The van der Waals surface area contributed by atoms with Gasteiger partial charge >= 0.3 is 7.12 Å². The molecule has 6 nitrogen and oxygen atoms in total. The zero-order valence-corrected chi connectivity index (χ0v) is 16.6. The van der Waals surface area contributed by atoms with Crippen LogP contribution in [0.25, 0.3) is 0 Å². The van der Waals surface area contributed by atoms with Crippen molar-refractivity contribution in [1.82, 2.24) is 10.2 Å². The van der Waals surface area contributed by atoms with E-state index in [0.29, 0.717) is 31.1 Å². The standard InChI is InChI=1S/C22H28BN3O3/c24-12-15-2-1-3-17(10-15)16-6-8-26(9-7-16)22(27)18-4-5-19-13-25-14-21(23(28)29)20(19)11-18/h1-5,10-11,16,21,25,28-29H,6-9,12-14,24H2. The van der Waals surface area contributed by atoms with Crippen LogP contribution in [-0.2, 0) is 13.1 Å². The average molecular weight is 393 g/mol. The van der Waals surface area contributed by atoms with Crippen molar-refractivity contribution < 1.29 is 14.8 Å². The number of nitrogens with one attached hydrogen (secondary N) is 1. The van der Waals surface area contributed by atoms with Gasteiger partial charge in [-0.15, -0.1) is 0 Å². The summed E-state index contributed by atoms with van der Waals surface area (Å²) in [4.78, 5) is 15.0. The number of hydrogen-bond donors (Lipinski definition) is 4. The van der Waals surface area contributed by atoms with Crippen molar-refractivity contribution >= 4 is 13.0 Å². The van der Waals surface area contributed by atoms with Crippen LogP contribution in [0.5, 0.6) is 0 Å². The zero-order valence-electron chi connectivity index (χ0n) is 16.6. The molecular weight excluding hydrogens is 365 g/mol. The number of nitrogens with zero attached hydrogens (tertiary/aromatic N) is 1. The molecular formula is C22H28BN3O3. The van der Waals surface area contributed by atoms with Crippen LogP contribution in [0.15, 0.2) is 42.5 Å². The Morgan fingerprint density at radius 1 is 1.17 bits per heavy atom. The van der Waals surface area contributed by atoms with Crippen molar-refractivity contribution in [3.8, 4) is 0 Å². The largest absolute Gasteiger partial charge is 0.460 e. The number of amides is 1. The molecule has 1 saturated heterocycles. The Morgan fingerprint density at radius 2 is 1.97 bits per heavy atom. The maximum atomic E-state index is 13.1. The molecule has 0 radical (unpaired) electrons. The van der Waals surface area contributed by atoms with E-state index < -0.39 is 12.9 Å². The molecule has 1 fully saturated rings. The molecule has 1 atom stereocenters. The number of fused-ring (bicyclic) bond motifs is 1. The van der Waals surface area contributed by atoms with Gasteiger partial charge in [0.2, 0.25) is 0 Å². The number of likely N-dealkylation sites (tertiary alicyclic amines) is 1. The number of carbonyl (C=O) groups is 1. The normalized spacial score (nSPS) is 19.7. The Bertz CT molecular complexity index is 881. The summed E-state index contributed by atoms with van der Waals surface area (Å²) in [7, 11) is -1.44. The summed E-state index contributed by atoms with van der Waals surface area (Å²) < 4.78 is 0. The Morgan fingerprint density at radius 3 is 2.69 bits per heavy atom. The fourth-order valence-electron chi connectivity index (χ4n) is 4.54. The molecule has 0 spiro atoms. The first-order valence-corrected chi connectivity index (χ1v) is 10.3. The average Bonchev–Trinajstić information content (AvgIpc) is 2.77. The van der Waals surface area contributed by atoms with Gasteiger partial charge in [0.1, 0.15) is 0 Å². The van der Waals surface area contributed by atoms with Crippen molar-refractivity contribution in [3.05, 3.63) is 70.3 Å². The number of rotatable bonds is 4. The van der Waals surface area contributed by atoms with Gasteiger partial charge in [-0.2, -0.15) is 0 Å². The van der Waals surface area contributed by atoms with Crippen LogP contribution < -0.4 is 11.1 Å². The van der Waals surface area contributed by atoms with E-state index in [0.717, 1.165) is 42.6 Å². The summed E-state index contributed by atoms with van der Waals surface area (Å²) in [6.45, 7) is 3.17. The fourth-order valence-corrected chi connectivity index (χ4v) is 4.54. The van der Waals surface area contributed by atoms with Crippen LogP contribution in [0.1, 0.15) is 57.2 Å². The second kappa shape index (κ2) is 8.67. The summed E-state index contributed by atoms with van der Waals surface area (Å²) in [5.74, 6) is 0.0628. The van der Waals surface area contributed by atoms with Crippen LogP contribution in [-0.4, -0.2) is 47.6 Å². The summed E-state index contributed by atoms with van der Waals surface area (Å²) in [6.07, 6.45) is 1.87. The Hall–Kier alpha value is -2.19. The minimum Gasteiger partial charge on any atom is -0.427 e. The first-order valence-electron chi connectivity index (χ1n) is 10.3. The lowest BCUT2D eigenvalue weighted by Gasteiger charge is -2.33. The molecule has 0 aromatic heterocycles. The Labute approximate surface area is 171 Å². The molecule has 2 aromatic rings. The molecule has 0 bridgehead atoms. The molecule has 2 aromatic carbocycles. The molecule has 2 aliphatic heterocycles. The highest BCUT2D eigenvalue weighted by Gasteiger charge is 2.31. The highest BCUT2D eigenvalue weighted by Crippen LogP contribution is 2.30. The summed E-state index contributed by atoms with van der Waals surface area (Å²) in [5.41, 5.74) is 10.7. The first-order chi connectivity index (χ1) is 14.1. The number of hydrogen-bond acceptors (Lipinski definition) is 5. The van der Waals surface area contributed by atoms with E-state index in [1.165, 1.54) is 5.56 Å².